The summed E-state index contributed by atoms with van der Waals surface area (Å²) in [6.45, 7) is 22.7. The first kappa shape index (κ1) is 63.2. The number of nitrogens with zero attached hydrogens (tertiary/aromatic N) is 3. The minimum Gasteiger partial charge on any atom is -0.480 e. The van der Waals surface area contributed by atoms with Crippen molar-refractivity contribution in [2.75, 3.05) is 79.1 Å². The topological polar surface area (TPSA) is 186 Å². The molecule has 0 radical (unpaired) electrons. The zero-order chi connectivity index (χ0) is 51.5. The average molecular weight is 989 g/mol. The molecular weight excluding hydrogens is 912 g/mol. The van der Waals surface area contributed by atoms with Gasteiger partial charge in [-0.15, -0.1) is 25.7 Å². The van der Waals surface area contributed by atoms with Crippen molar-refractivity contribution in [2.45, 2.75) is 91.9 Å². The molecule has 1 amide bonds. The van der Waals surface area contributed by atoms with Gasteiger partial charge >= 0.3 is 19.7 Å². The molecule has 3 aromatic rings. The van der Waals surface area contributed by atoms with Crippen molar-refractivity contribution in [3.63, 3.8) is 0 Å². The van der Waals surface area contributed by atoms with Crippen LogP contribution in [0.1, 0.15) is 71.1 Å². The highest BCUT2D eigenvalue weighted by Crippen LogP contribution is 2.49. The van der Waals surface area contributed by atoms with E-state index in [4.69, 9.17) is 38.3 Å². The number of carbonyl (C=O) groups is 2. The van der Waals surface area contributed by atoms with Gasteiger partial charge in [0, 0.05) is 59.3 Å². The predicted molar refractivity (Wildman–Crippen MR) is 270 cm³/mol. The Balaban J connectivity index is 0.00000104. The van der Waals surface area contributed by atoms with Crippen molar-refractivity contribution in [1.82, 2.24) is 19.6 Å². The van der Waals surface area contributed by atoms with Gasteiger partial charge in [-0.05, 0) is 87.6 Å². The monoisotopic (exact) mass is 988 g/mol. The van der Waals surface area contributed by atoms with Crippen LogP contribution in [0.25, 0.3) is 0 Å². The number of nitrogens with one attached hydrogen (secondary N) is 1. The number of carboxylic acid groups (broad SMARTS) is 1. The van der Waals surface area contributed by atoms with Crippen molar-refractivity contribution in [3.8, 4) is 37.2 Å². The number of hydroxylamine groups is 2. The van der Waals surface area contributed by atoms with E-state index in [1.54, 1.807) is 48.4 Å². The summed E-state index contributed by atoms with van der Waals surface area (Å²) in [6, 6.07) is 21.9. The number of hydrogen-bond acceptors (Lipinski definition) is 13. The van der Waals surface area contributed by atoms with Crippen LogP contribution in [-0.4, -0.2) is 132 Å². The first-order valence-electron chi connectivity index (χ1n) is 22.7. The predicted octanol–water partition coefficient (Wildman–Crippen LogP) is 8.18. The lowest BCUT2D eigenvalue weighted by molar-refractivity contribution is -0.284. The van der Waals surface area contributed by atoms with Gasteiger partial charge in [0.15, 0.2) is 6.10 Å². The lowest BCUT2D eigenvalue weighted by Gasteiger charge is -2.34. The summed E-state index contributed by atoms with van der Waals surface area (Å²) in [4.78, 5) is 30.6. The number of esters is 1. The summed E-state index contributed by atoms with van der Waals surface area (Å²) in [5, 5.41) is 21.2. The van der Waals surface area contributed by atoms with Crippen LogP contribution in [0.3, 0.4) is 0 Å². The van der Waals surface area contributed by atoms with Crippen LogP contribution in [0.15, 0.2) is 77.7 Å². The zero-order valence-electron chi connectivity index (χ0n) is 41.5. The Morgan fingerprint density at radius 2 is 1.59 bits per heavy atom. The van der Waals surface area contributed by atoms with Gasteiger partial charge in [-0.2, -0.15) is 5.06 Å². The smallest absolute Gasteiger partial charge is 0.417 e. The second-order valence-corrected chi connectivity index (χ2v) is 18.6. The fourth-order valence-corrected chi connectivity index (χ4v) is 9.04. The van der Waals surface area contributed by atoms with E-state index < -0.39 is 36.7 Å². The first-order chi connectivity index (χ1) is 32.6. The second kappa shape index (κ2) is 37.2. The molecule has 2 unspecified atom stereocenters. The normalized spacial score (nSPS) is 15.9. The maximum absolute atomic E-state index is 13.2. The number of rotatable bonds is 21. The third-order valence-electron chi connectivity index (χ3n) is 9.25. The maximum Gasteiger partial charge on any atom is 0.417 e. The van der Waals surface area contributed by atoms with E-state index in [1.807, 2.05) is 62.5 Å². The van der Waals surface area contributed by atoms with Gasteiger partial charge < -0.3 is 34.3 Å². The van der Waals surface area contributed by atoms with Gasteiger partial charge in [-0.3, -0.25) is 14.3 Å². The molecule has 0 saturated carbocycles. The lowest BCUT2D eigenvalue weighted by Crippen LogP contribution is -2.45. The Bertz CT molecular complexity index is 1920. The summed E-state index contributed by atoms with van der Waals surface area (Å²) >= 11 is 0. The number of ether oxygens (including phenoxy) is 3. The van der Waals surface area contributed by atoms with E-state index in [2.05, 4.69) is 62.7 Å². The number of aryl methyl sites for hydroxylation is 2. The molecule has 0 aromatic heterocycles. The van der Waals surface area contributed by atoms with Crippen LogP contribution in [0.5, 0.6) is 11.5 Å². The SMILES string of the molecule is C#C.C#C.CC.CCOC(=O)[C@H](C)OP(=O)(COc1ccc(C)cc1)Oc1ccccc1.CN1C[C@H](CCO)O1.Cc1cc(S(=O)N(CCCNC(=O)O)CC(C)C)ccc1CN1CCOCC1. The van der Waals surface area contributed by atoms with Crippen molar-refractivity contribution >= 4 is 30.6 Å². The van der Waals surface area contributed by atoms with Gasteiger partial charge in [0.25, 0.3) is 0 Å². The molecule has 0 spiro atoms. The number of amides is 1. The first-order valence-corrected chi connectivity index (χ1v) is 25.5. The zero-order valence-corrected chi connectivity index (χ0v) is 43.3. The van der Waals surface area contributed by atoms with Crippen LogP contribution in [0, 0.1) is 45.5 Å². The quantitative estimate of drug-likeness (QED) is 0.0402. The molecule has 2 aliphatic heterocycles. The Hall–Kier alpha value is -4.78. The molecule has 0 bridgehead atoms. The molecule has 2 heterocycles. The molecule has 18 heteroatoms. The Morgan fingerprint density at radius 3 is 2.12 bits per heavy atom. The third kappa shape index (κ3) is 26.7. The highest BCUT2D eigenvalue weighted by atomic mass is 32.2. The molecule has 2 aliphatic rings. The largest absolute Gasteiger partial charge is 0.480 e. The number of aliphatic hydroxyl groups is 1. The number of terminal acetylenes is 2. The van der Waals surface area contributed by atoms with E-state index in [9.17, 15) is 18.4 Å². The summed E-state index contributed by atoms with van der Waals surface area (Å²) in [5.41, 5.74) is 3.48. The van der Waals surface area contributed by atoms with Gasteiger partial charge in [-0.1, -0.05) is 69.7 Å². The number of hydrogen-bond donors (Lipinski definition) is 3. The van der Waals surface area contributed by atoms with Crippen LogP contribution in [0.2, 0.25) is 0 Å². The summed E-state index contributed by atoms with van der Waals surface area (Å²) in [6.07, 6.45) is 15.3. The standard InChI is InChI=1S/C20H33N3O4S.C19H23O6P.C5H11NO2.C2H6.2C2H2/c1-16(2)14-23(8-4-7-21-20(24)25)28(26)19-6-5-18(17(3)13-19)15-22-9-11-27-12-10-22;1-4-22-19(20)16(3)24-26(21,25-18-8-6-5-7-9-18)14-23-17-12-10-15(2)11-13-17;1-6-4-5(8-6)2-3-7;3*1-2/h5-6,13,16,21H,4,7-12,14-15H2,1-3H3,(H,24,25);5-13,16H,4,14H2,1-3H3;5,7H,2-4H2,1H3;1-2H3;2*1-2H/t;16-,26?;5-;;;/m.00.../s1. The molecule has 4 atom stereocenters. The number of likely N-dealkylation sites (N-methyl/N-ethyl adjacent to an activating group) is 1. The fourth-order valence-electron chi connectivity index (χ4n) is 6.08. The Labute approximate surface area is 409 Å². The van der Waals surface area contributed by atoms with Crippen LogP contribution in [-0.2, 0) is 45.7 Å². The fraction of sp³-hybridized carbons (Fsp3) is 0.520. The number of morpholine rings is 1. The van der Waals surface area contributed by atoms with E-state index in [1.165, 1.54) is 12.5 Å². The Morgan fingerprint density at radius 1 is 0.971 bits per heavy atom. The molecule has 5 rings (SSSR count). The molecule has 68 heavy (non-hydrogen) atoms. The van der Waals surface area contributed by atoms with Crippen molar-refractivity contribution in [1.29, 1.82) is 0 Å². The van der Waals surface area contributed by atoms with Crippen LogP contribution in [0.4, 0.5) is 4.79 Å². The molecule has 3 N–H and O–H groups in total. The lowest BCUT2D eigenvalue weighted by atomic mass is 10.1. The van der Waals surface area contributed by atoms with Gasteiger partial charge in [0.2, 0.25) is 6.35 Å². The average Bonchev–Trinajstić information content (AvgIpc) is 3.32. The molecular formula is C50H77N4O12PS. The van der Waals surface area contributed by atoms with Crippen molar-refractivity contribution in [3.05, 3.63) is 89.5 Å². The van der Waals surface area contributed by atoms with Crippen LogP contribution >= 0.6 is 7.60 Å². The summed E-state index contributed by atoms with van der Waals surface area (Å²) in [7, 11) is -3.15. The Kier molecular flexibility index (Phi) is 34.5. The minimum absolute atomic E-state index is 0.205. The van der Waals surface area contributed by atoms with Gasteiger partial charge in [0.05, 0.1) is 37.4 Å². The highest BCUT2D eigenvalue weighted by Gasteiger charge is 2.34. The summed E-state index contributed by atoms with van der Waals surface area (Å²) in [5.74, 6) is 0.650. The molecule has 2 saturated heterocycles. The molecule has 16 nitrogen and oxygen atoms in total. The second-order valence-electron chi connectivity index (χ2n) is 15.2. The van der Waals surface area contributed by atoms with E-state index in [-0.39, 0.29) is 25.7 Å². The summed E-state index contributed by atoms with van der Waals surface area (Å²) < 4.78 is 55.1. The van der Waals surface area contributed by atoms with E-state index >= 15 is 0 Å². The maximum atomic E-state index is 13.2. The van der Waals surface area contributed by atoms with Crippen molar-refractivity contribution in [2.24, 2.45) is 5.92 Å². The van der Waals surface area contributed by atoms with Crippen LogP contribution < -0.4 is 14.6 Å². The molecule has 0 aliphatic carbocycles. The van der Waals surface area contributed by atoms with Crippen molar-refractivity contribution < 1.29 is 56.7 Å². The number of para-hydroxylation sites is 1. The highest BCUT2D eigenvalue weighted by molar-refractivity contribution is 7.82. The van der Waals surface area contributed by atoms with Gasteiger partial charge in [0.1, 0.15) is 22.5 Å². The molecule has 380 valence electrons. The molecule has 2 fully saturated rings. The third-order valence-corrected chi connectivity index (χ3v) is 12.3. The van der Waals surface area contributed by atoms with E-state index in [0.717, 1.165) is 61.8 Å². The van der Waals surface area contributed by atoms with Gasteiger partial charge in [-0.25, -0.2) is 22.7 Å². The molecule has 3 aromatic carbocycles. The van der Waals surface area contributed by atoms with E-state index in [0.29, 0.717) is 43.5 Å². The minimum atomic E-state index is -3.78. The number of carbonyl (C=O) groups excluding carboxylic acids is 1. The number of aliphatic hydroxyl groups excluding tert-OH is 1. The number of benzene rings is 3.